The van der Waals surface area contributed by atoms with Crippen LogP contribution in [0.5, 0.6) is 0 Å². The van der Waals surface area contributed by atoms with Crippen molar-refractivity contribution in [2.75, 3.05) is 30.3 Å². The molecule has 1 heterocycles. The van der Waals surface area contributed by atoms with E-state index in [1.54, 1.807) is 12.1 Å². The lowest BCUT2D eigenvalue weighted by Gasteiger charge is -2.09. The summed E-state index contributed by atoms with van der Waals surface area (Å²) in [5.41, 5.74) is 1.69. The highest BCUT2D eigenvalue weighted by molar-refractivity contribution is 6.30. The van der Waals surface area contributed by atoms with E-state index in [2.05, 4.69) is 25.9 Å². The van der Waals surface area contributed by atoms with Crippen LogP contribution in [0.2, 0.25) is 5.02 Å². The highest BCUT2D eigenvalue weighted by Crippen LogP contribution is 2.16. The third-order valence-corrected chi connectivity index (χ3v) is 3.86. The van der Waals surface area contributed by atoms with Gasteiger partial charge in [-0.3, -0.25) is 4.79 Å². The molecule has 0 bridgehead atoms. The highest BCUT2D eigenvalue weighted by atomic mass is 35.5. The number of hydrogen-bond acceptors (Lipinski definition) is 5. The normalized spacial score (nSPS) is 10.5. The molecule has 6 nitrogen and oxygen atoms in total. The van der Waals surface area contributed by atoms with E-state index >= 15 is 0 Å². The number of anilines is 2. The molecule has 3 N–H and O–H groups in total. The van der Waals surface area contributed by atoms with Crippen LogP contribution in [0.15, 0.2) is 24.3 Å². The Hall–Kier alpha value is -2.41. The number of halogens is 2. The monoisotopic (exact) mass is 379 g/mol. The molecule has 0 spiro atoms. The van der Waals surface area contributed by atoms with Gasteiger partial charge in [-0.2, -0.15) is 4.98 Å². The van der Waals surface area contributed by atoms with Gasteiger partial charge in [-0.15, -0.1) is 0 Å². The average molecular weight is 380 g/mol. The van der Waals surface area contributed by atoms with E-state index in [1.807, 2.05) is 19.9 Å². The van der Waals surface area contributed by atoms with Crippen LogP contribution in [-0.2, 0) is 11.2 Å². The Morgan fingerprint density at radius 2 is 2.00 bits per heavy atom. The number of benzene rings is 1. The zero-order chi connectivity index (χ0) is 18.9. The summed E-state index contributed by atoms with van der Waals surface area (Å²) in [6, 6.07) is 6.36. The Morgan fingerprint density at radius 1 is 1.19 bits per heavy atom. The van der Waals surface area contributed by atoms with Crippen molar-refractivity contribution in [2.45, 2.75) is 26.7 Å². The molecule has 1 amide bonds. The molecule has 0 aliphatic rings. The molecule has 1 aromatic heterocycles. The highest BCUT2D eigenvalue weighted by Gasteiger charge is 2.05. The number of nitrogens with zero attached hydrogens (tertiary/aromatic N) is 2. The van der Waals surface area contributed by atoms with Crippen LogP contribution < -0.4 is 16.0 Å². The largest absolute Gasteiger partial charge is 0.370 e. The van der Waals surface area contributed by atoms with Crippen LogP contribution >= 0.6 is 11.6 Å². The predicted octanol–water partition coefficient (Wildman–Crippen LogP) is 3.17. The van der Waals surface area contributed by atoms with E-state index in [4.69, 9.17) is 11.6 Å². The number of hydrogen-bond donors (Lipinski definition) is 3. The first-order valence-corrected chi connectivity index (χ1v) is 8.89. The van der Waals surface area contributed by atoms with Crippen molar-refractivity contribution in [1.29, 1.82) is 0 Å². The van der Waals surface area contributed by atoms with Gasteiger partial charge in [0.2, 0.25) is 11.9 Å². The average Bonchev–Trinajstić information content (AvgIpc) is 2.59. The summed E-state index contributed by atoms with van der Waals surface area (Å²) in [5, 5.41) is 9.13. The maximum atomic E-state index is 13.1. The van der Waals surface area contributed by atoms with Gasteiger partial charge < -0.3 is 16.0 Å². The molecular weight excluding hydrogens is 357 g/mol. The minimum Gasteiger partial charge on any atom is -0.370 e. The molecule has 0 radical (unpaired) electrons. The van der Waals surface area contributed by atoms with Crippen LogP contribution in [0.4, 0.5) is 16.2 Å². The van der Waals surface area contributed by atoms with Gasteiger partial charge in [-0.1, -0.05) is 17.7 Å². The van der Waals surface area contributed by atoms with E-state index in [-0.39, 0.29) is 10.9 Å². The van der Waals surface area contributed by atoms with Gasteiger partial charge in [0, 0.05) is 37.8 Å². The van der Waals surface area contributed by atoms with Crippen LogP contribution in [0.1, 0.15) is 24.6 Å². The Labute approximate surface area is 157 Å². The smallest absolute Gasteiger partial charge is 0.224 e. The lowest BCUT2D eigenvalue weighted by Crippen LogP contribution is -2.29. The van der Waals surface area contributed by atoms with Crippen molar-refractivity contribution in [3.63, 3.8) is 0 Å². The van der Waals surface area contributed by atoms with Crippen LogP contribution in [0, 0.1) is 12.7 Å². The van der Waals surface area contributed by atoms with Crippen LogP contribution in [-0.4, -0.2) is 35.5 Å². The number of rotatable bonds is 9. The van der Waals surface area contributed by atoms with E-state index in [0.717, 1.165) is 23.6 Å². The lowest BCUT2D eigenvalue weighted by molar-refractivity contribution is -0.120. The Balaban J connectivity index is 1.70. The van der Waals surface area contributed by atoms with Gasteiger partial charge in [0.1, 0.15) is 11.6 Å². The Kier molecular flexibility index (Phi) is 7.59. The number of carbonyl (C=O) groups is 1. The summed E-state index contributed by atoms with van der Waals surface area (Å²) >= 11 is 5.73. The fourth-order valence-electron chi connectivity index (χ4n) is 2.34. The molecule has 2 rings (SSSR count). The maximum absolute atomic E-state index is 13.1. The molecule has 26 heavy (non-hydrogen) atoms. The van der Waals surface area contributed by atoms with Crippen molar-refractivity contribution in [1.82, 2.24) is 15.3 Å². The van der Waals surface area contributed by atoms with Crippen LogP contribution in [0.25, 0.3) is 0 Å². The fourth-order valence-corrected chi connectivity index (χ4v) is 2.54. The van der Waals surface area contributed by atoms with Gasteiger partial charge >= 0.3 is 0 Å². The van der Waals surface area contributed by atoms with Gasteiger partial charge in [0.15, 0.2) is 0 Å². The first-order chi connectivity index (χ1) is 12.5. The van der Waals surface area contributed by atoms with E-state index in [1.165, 1.54) is 6.07 Å². The maximum Gasteiger partial charge on any atom is 0.224 e. The molecule has 0 fully saturated rings. The quantitative estimate of drug-likeness (QED) is 0.583. The van der Waals surface area contributed by atoms with E-state index in [9.17, 15) is 9.18 Å². The first kappa shape index (κ1) is 19.9. The summed E-state index contributed by atoms with van der Waals surface area (Å²) in [4.78, 5) is 20.5. The SMILES string of the molecule is CCNc1cc(C)nc(NCCNC(=O)CCc2ccc(F)c(Cl)c2)n1. The van der Waals surface area contributed by atoms with Gasteiger partial charge in [0.25, 0.3) is 0 Å². The van der Waals surface area contributed by atoms with Crippen molar-refractivity contribution in [3.05, 3.63) is 46.4 Å². The van der Waals surface area contributed by atoms with Crippen LogP contribution in [0.3, 0.4) is 0 Å². The second kappa shape index (κ2) is 9.91. The minimum absolute atomic E-state index is 0.0715. The summed E-state index contributed by atoms with van der Waals surface area (Å²) in [6.07, 6.45) is 0.819. The standard InChI is InChI=1S/C18H23ClFN5O/c1-3-21-16-10-12(2)24-18(25-16)23-9-8-22-17(26)7-5-13-4-6-15(20)14(19)11-13/h4,6,10-11H,3,5,7-9H2,1-2H3,(H,22,26)(H2,21,23,24,25). The molecule has 1 aromatic carbocycles. The molecule has 0 saturated carbocycles. The lowest BCUT2D eigenvalue weighted by atomic mass is 10.1. The molecule has 8 heteroatoms. The number of carbonyl (C=O) groups excluding carboxylic acids is 1. The van der Waals surface area contributed by atoms with Gasteiger partial charge in [-0.05, 0) is 38.0 Å². The third-order valence-electron chi connectivity index (χ3n) is 3.57. The number of amides is 1. The summed E-state index contributed by atoms with van der Waals surface area (Å²) in [6.45, 7) is 5.66. The van der Waals surface area contributed by atoms with E-state index in [0.29, 0.717) is 31.9 Å². The van der Waals surface area contributed by atoms with Crippen molar-refractivity contribution < 1.29 is 9.18 Å². The minimum atomic E-state index is -0.457. The molecule has 0 unspecified atom stereocenters. The summed E-state index contributed by atoms with van der Waals surface area (Å²) in [7, 11) is 0. The fraction of sp³-hybridized carbons (Fsp3) is 0.389. The third kappa shape index (κ3) is 6.48. The number of nitrogens with one attached hydrogen (secondary N) is 3. The first-order valence-electron chi connectivity index (χ1n) is 8.52. The molecule has 0 aliphatic heterocycles. The van der Waals surface area contributed by atoms with E-state index < -0.39 is 5.82 Å². The second-order valence-electron chi connectivity index (χ2n) is 5.77. The van der Waals surface area contributed by atoms with Crippen molar-refractivity contribution in [3.8, 4) is 0 Å². The number of aromatic nitrogens is 2. The predicted molar refractivity (Wildman–Crippen MR) is 102 cm³/mol. The zero-order valence-electron chi connectivity index (χ0n) is 14.9. The molecule has 0 aliphatic carbocycles. The Bertz CT molecular complexity index is 756. The topological polar surface area (TPSA) is 78.9 Å². The van der Waals surface area contributed by atoms with Crippen molar-refractivity contribution >= 4 is 29.3 Å². The summed E-state index contributed by atoms with van der Waals surface area (Å²) in [5.74, 6) is 0.757. The molecule has 140 valence electrons. The zero-order valence-corrected chi connectivity index (χ0v) is 15.7. The second-order valence-corrected chi connectivity index (χ2v) is 6.18. The molecule has 2 aromatic rings. The summed E-state index contributed by atoms with van der Waals surface area (Å²) < 4.78 is 13.1. The van der Waals surface area contributed by atoms with Gasteiger partial charge in [-0.25, -0.2) is 9.37 Å². The molecule has 0 atom stereocenters. The van der Waals surface area contributed by atoms with Gasteiger partial charge in [0.05, 0.1) is 5.02 Å². The Morgan fingerprint density at radius 3 is 2.73 bits per heavy atom. The molecule has 0 saturated heterocycles. The number of aryl methyl sites for hydroxylation is 2. The molecular formula is C18H23ClFN5O. The van der Waals surface area contributed by atoms with Crippen molar-refractivity contribution in [2.24, 2.45) is 0 Å².